The second kappa shape index (κ2) is 7.90. The van der Waals surface area contributed by atoms with Gasteiger partial charge < -0.3 is 9.84 Å². The maximum absolute atomic E-state index is 11.7. The molecule has 0 bridgehead atoms. The fraction of sp³-hybridized carbons (Fsp3) is 0.643. The van der Waals surface area contributed by atoms with Gasteiger partial charge in [0.1, 0.15) is 5.76 Å². The molecule has 8 heteroatoms. The lowest BCUT2D eigenvalue weighted by Gasteiger charge is -2.33. The number of aryl methyl sites for hydroxylation is 1. The summed E-state index contributed by atoms with van der Waals surface area (Å²) in [6.07, 6.45) is 0. The van der Waals surface area contributed by atoms with Crippen LogP contribution in [0.4, 0.5) is 4.79 Å². The van der Waals surface area contributed by atoms with Crippen LogP contribution in [-0.4, -0.2) is 66.2 Å². The molecular weight excluding hydrogens is 286 g/mol. The second-order valence-corrected chi connectivity index (χ2v) is 5.39. The van der Waals surface area contributed by atoms with E-state index >= 15 is 0 Å². The number of hydrogen-bond acceptors (Lipinski definition) is 6. The third kappa shape index (κ3) is 5.12. The number of hydrogen-bond donors (Lipinski definition) is 2. The Hall–Kier alpha value is -1.93. The highest BCUT2D eigenvalue weighted by Gasteiger charge is 2.20. The van der Waals surface area contributed by atoms with Crippen molar-refractivity contribution in [1.82, 2.24) is 25.6 Å². The molecule has 1 saturated heterocycles. The third-order valence-corrected chi connectivity index (χ3v) is 3.48. The van der Waals surface area contributed by atoms with Crippen molar-refractivity contribution in [3.05, 3.63) is 17.5 Å². The van der Waals surface area contributed by atoms with E-state index in [9.17, 15) is 9.59 Å². The van der Waals surface area contributed by atoms with E-state index in [1.54, 1.807) is 6.92 Å². The molecule has 1 aliphatic heterocycles. The zero-order chi connectivity index (χ0) is 15.9. The molecule has 1 aromatic rings. The fourth-order valence-electron chi connectivity index (χ4n) is 2.40. The average Bonchev–Trinajstić information content (AvgIpc) is 2.86. The Kier molecular flexibility index (Phi) is 5.91. The Labute approximate surface area is 129 Å². The van der Waals surface area contributed by atoms with Crippen LogP contribution in [0.2, 0.25) is 0 Å². The summed E-state index contributed by atoms with van der Waals surface area (Å²) in [6, 6.07) is 1.50. The van der Waals surface area contributed by atoms with Crippen molar-refractivity contribution in [3.8, 4) is 0 Å². The fourth-order valence-corrected chi connectivity index (χ4v) is 2.40. The largest absolute Gasteiger partial charge is 0.361 e. The minimum absolute atomic E-state index is 0.244. The van der Waals surface area contributed by atoms with Crippen LogP contribution in [0.15, 0.2) is 10.6 Å². The molecule has 0 saturated carbocycles. The molecule has 1 fully saturated rings. The number of piperazine rings is 1. The minimum Gasteiger partial charge on any atom is -0.361 e. The Bertz CT molecular complexity index is 508. The molecule has 22 heavy (non-hydrogen) atoms. The molecule has 122 valence electrons. The molecule has 0 radical (unpaired) electrons. The van der Waals surface area contributed by atoms with Crippen LogP contribution in [0.25, 0.3) is 0 Å². The molecule has 2 rings (SSSR count). The van der Waals surface area contributed by atoms with Crippen molar-refractivity contribution in [2.75, 3.05) is 39.3 Å². The van der Waals surface area contributed by atoms with E-state index in [4.69, 9.17) is 4.52 Å². The molecule has 0 spiro atoms. The highest BCUT2D eigenvalue weighted by Crippen LogP contribution is 2.08. The molecular formula is C14H23N5O3. The van der Waals surface area contributed by atoms with Gasteiger partial charge in [-0.2, -0.15) is 0 Å². The van der Waals surface area contributed by atoms with Gasteiger partial charge in [0.2, 0.25) is 5.91 Å². The number of nitrogens with one attached hydrogen (secondary N) is 2. The number of urea groups is 1. The number of rotatable bonds is 5. The first-order valence-corrected chi connectivity index (χ1v) is 7.51. The van der Waals surface area contributed by atoms with E-state index in [0.717, 1.165) is 44.2 Å². The van der Waals surface area contributed by atoms with Crippen LogP contribution in [0.3, 0.4) is 0 Å². The van der Waals surface area contributed by atoms with Gasteiger partial charge in [-0.25, -0.2) is 4.79 Å². The molecule has 0 aliphatic carbocycles. The molecule has 1 aromatic heterocycles. The van der Waals surface area contributed by atoms with Gasteiger partial charge >= 0.3 is 6.03 Å². The highest BCUT2D eigenvalue weighted by molar-refractivity contribution is 5.95. The van der Waals surface area contributed by atoms with Crippen LogP contribution < -0.4 is 10.6 Å². The SMILES string of the molecule is CCNC(=O)NC(=O)CN1CCN(Cc2cc(C)on2)CC1. The minimum atomic E-state index is -0.437. The summed E-state index contributed by atoms with van der Waals surface area (Å²) in [5, 5.41) is 8.84. The summed E-state index contributed by atoms with van der Waals surface area (Å²) >= 11 is 0. The van der Waals surface area contributed by atoms with Crippen molar-refractivity contribution < 1.29 is 14.1 Å². The van der Waals surface area contributed by atoms with Crippen molar-refractivity contribution in [1.29, 1.82) is 0 Å². The predicted molar refractivity (Wildman–Crippen MR) is 80.2 cm³/mol. The smallest absolute Gasteiger partial charge is 0.321 e. The Morgan fingerprint density at radius 2 is 1.95 bits per heavy atom. The number of aromatic nitrogens is 1. The highest BCUT2D eigenvalue weighted by atomic mass is 16.5. The van der Waals surface area contributed by atoms with Gasteiger partial charge in [-0.15, -0.1) is 0 Å². The van der Waals surface area contributed by atoms with Crippen LogP contribution >= 0.6 is 0 Å². The number of imide groups is 1. The first-order valence-electron chi connectivity index (χ1n) is 7.51. The summed E-state index contributed by atoms with van der Waals surface area (Å²) in [7, 11) is 0. The number of carbonyl (C=O) groups is 2. The van der Waals surface area contributed by atoms with Gasteiger partial charge in [0.05, 0.1) is 12.2 Å². The van der Waals surface area contributed by atoms with Crippen molar-refractivity contribution in [2.24, 2.45) is 0 Å². The van der Waals surface area contributed by atoms with E-state index in [-0.39, 0.29) is 12.5 Å². The molecule has 0 aromatic carbocycles. The summed E-state index contributed by atoms with van der Waals surface area (Å²) in [5.74, 6) is 0.544. The van der Waals surface area contributed by atoms with Crippen LogP contribution in [0.1, 0.15) is 18.4 Å². The standard InChI is InChI=1S/C14H23N5O3/c1-3-15-14(21)16-13(20)10-19-6-4-18(5-7-19)9-12-8-11(2)22-17-12/h8H,3-7,9-10H2,1-2H3,(H2,15,16,20,21). The summed E-state index contributed by atoms with van der Waals surface area (Å²) < 4.78 is 5.06. The van der Waals surface area contributed by atoms with Crippen molar-refractivity contribution >= 4 is 11.9 Å². The number of nitrogens with zero attached hydrogens (tertiary/aromatic N) is 3. The van der Waals surface area contributed by atoms with Crippen LogP contribution in [-0.2, 0) is 11.3 Å². The van der Waals surface area contributed by atoms with Crippen molar-refractivity contribution in [3.63, 3.8) is 0 Å². The van der Waals surface area contributed by atoms with Gasteiger partial charge in [0.15, 0.2) is 0 Å². The molecule has 0 atom stereocenters. The van der Waals surface area contributed by atoms with E-state index < -0.39 is 6.03 Å². The molecule has 3 amide bonds. The normalized spacial score (nSPS) is 16.5. The molecule has 0 unspecified atom stereocenters. The van der Waals surface area contributed by atoms with E-state index in [2.05, 4.69) is 20.7 Å². The summed E-state index contributed by atoms with van der Waals surface area (Å²) in [5.41, 5.74) is 0.930. The summed E-state index contributed by atoms with van der Waals surface area (Å²) in [6.45, 7) is 8.49. The van der Waals surface area contributed by atoms with Gasteiger partial charge in [-0.3, -0.25) is 19.9 Å². The van der Waals surface area contributed by atoms with Gasteiger partial charge in [0.25, 0.3) is 0 Å². The first kappa shape index (κ1) is 16.4. The van der Waals surface area contributed by atoms with Crippen LogP contribution in [0.5, 0.6) is 0 Å². The Morgan fingerprint density at radius 1 is 1.27 bits per heavy atom. The van der Waals surface area contributed by atoms with E-state index in [1.807, 2.05) is 17.9 Å². The predicted octanol–water partition coefficient (Wildman–Crippen LogP) is -0.0537. The Balaban J connectivity index is 1.68. The average molecular weight is 309 g/mol. The van der Waals surface area contributed by atoms with Gasteiger partial charge in [0, 0.05) is 45.3 Å². The van der Waals surface area contributed by atoms with E-state index in [1.165, 1.54) is 0 Å². The van der Waals surface area contributed by atoms with Crippen LogP contribution in [0, 0.1) is 6.92 Å². The summed E-state index contributed by atoms with van der Waals surface area (Å²) in [4.78, 5) is 27.3. The van der Waals surface area contributed by atoms with Crippen molar-refractivity contribution in [2.45, 2.75) is 20.4 Å². The molecule has 8 nitrogen and oxygen atoms in total. The molecule has 2 heterocycles. The first-order chi connectivity index (χ1) is 10.6. The lowest BCUT2D eigenvalue weighted by molar-refractivity contribution is -0.121. The third-order valence-electron chi connectivity index (χ3n) is 3.48. The zero-order valence-electron chi connectivity index (χ0n) is 13.1. The molecule has 1 aliphatic rings. The molecule has 2 N–H and O–H groups in total. The number of carbonyl (C=O) groups excluding carboxylic acids is 2. The quantitative estimate of drug-likeness (QED) is 0.792. The second-order valence-electron chi connectivity index (χ2n) is 5.39. The lowest BCUT2D eigenvalue weighted by Crippen LogP contribution is -2.50. The van der Waals surface area contributed by atoms with Gasteiger partial charge in [-0.1, -0.05) is 5.16 Å². The Morgan fingerprint density at radius 3 is 2.55 bits per heavy atom. The van der Waals surface area contributed by atoms with Gasteiger partial charge in [-0.05, 0) is 13.8 Å². The lowest BCUT2D eigenvalue weighted by atomic mass is 10.2. The topological polar surface area (TPSA) is 90.7 Å². The maximum atomic E-state index is 11.7. The monoisotopic (exact) mass is 309 g/mol. The zero-order valence-corrected chi connectivity index (χ0v) is 13.1. The maximum Gasteiger partial charge on any atom is 0.321 e. The number of amides is 3. The van der Waals surface area contributed by atoms with E-state index in [0.29, 0.717) is 6.54 Å².